The first-order valence-electron chi connectivity index (χ1n) is 7.33. The van der Waals surface area contributed by atoms with Crippen LogP contribution >= 0.6 is 0 Å². The third kappa shape index (κ3) is 3.21. The average molecular weight is 303 g/mol. The Morgan fingerprint density at radius 2 is 1.74 bits per heavy atom. The summed E-state index contributed by atoms with van der Waals surface area (Å²) >= 11 is 0. The van der Waals surface area contributed by atoms with Gasteiger partial charge in [0.2, 0.25) is 0 Å². The Bertz CT molecular complexity index is 895. The summed E-state index contributed by atoms with van der Waals surface area (Å²) in [5, 5.41) is 6.11. The quantitative estimate of drug-likeness (QED) is 0.441. The van der Waals surface area contributed by atoms with Gasteiger partial charge in [-0.15, -0.1) is 0 Å². The molecule has 0 radical (unpaired) electrons. The monoisotopic (exact) mass is 303 g/mol. The molecule has 114 valence electrons. The number of nitrogens with two attached hydrogens (primary N) is 1. The van der Waals surface area contributed by atoms with Gasteiger partial charge in [0, 0.05) is 11.3 Å². The minimum Gasteiger partial charge on any atom is -0.399 e. The summed E-state index contributed by atoms with van der Waals surface area (Å²) < 4.78 is 0. The van der Waals surface area contributed by atoms with E-state index in [0.717, 1.165) is 16.3 Å². The highest BCUT2D eigenvalue weighted by molar-refractivity contribution is 6.08. The van der Waals surface area contributed by atoms with Crippen molar-refractivity contribution >= 4 is 28.1 Å². The number of benzene rings is 3. The maximum absolute atomic E-state index is 12.4. The number of anilines is 1. The Balaban J connectivity index is 1.85. The number of carbonyl (C=O) groups excluding carboxylic acids is 1. The lowest BCUT2D eigenvalue weighted by Gasteiger charge is -2.06. The summed E-state index contributed by atoms with van der Waals surface area (Å²) in [5.41, 5.74) is 11.2. The largest absolute Gasteiger partial charge is 0.399 e. The highest BCUT2D eigenvalue weighted by atomic mass is 16.2. The molecule has 3 aromatic rings. The van der Waals surface area contributed by atoms with Crippen molar-refractivity contribution in [2.24, 2.45) is 5.10 Å². The molecule has 3 N–H and O–H groups in total. The fourth-order valence-corrected chi connectivity index (χ4v) is 2.45. The molecule has 0 unspecified atom stereocenters. The molecule has 4 nitrogen and oxygen atoms in total. The van der Waals surface area contributed by atoms with Crippen LogP contribution in [0.5, 0.6) is 0 Å². The number of amides is 1. The number of nitrogens with one attached hydrogen (secondary N) is 1. The Morgan fingerprint density at radius 3 is 2.57 bits per heavy atom. The number of rotatable bonds is 3. The van der Waals surface area contributed by atoms with Gasteiger partial charge in [-0.3, -0.25) is 4.79 Å². The summed E-state index contributed by atoms with van der Waals surface area (Å²) in [5.74, 6) is -0.231. The van der Waals surface area contributed by atoms with Crippen LogP contribution in [0, 0.1) is 0 Å². The van der Waals surface area contributed by atoms with Gasteiger partial charge in [-0.25, -0.2) is 5.43 Å². The number of nitrogen functional groups attached to an aromatic ring is 1. The highest BCUT2D eigenvalue weighted by Gasteiger charge is 2.09. The molecule has 0 heterocycles. The summed E-state index contributed by atoms with van der Waals surface area (Å²) in [7, 11) is 0. The number of fused-ring (bicyclic) bond motifs is 1. The molecule has 0 aromatic heterocycles. The molecule has 1 amide bonds. The van der Waals surface area contributed by atoms with E-state index >= 15 is 0 Å². The number of hydrogen-bond acceptors (Lipinski definition) is 3. The summed E-state index contributed by atoms with van der Waals surface area (Å²) in [6.07, 6.45) is 0. The lowest BCUT2D eigenvalue weighted by Crippen LogP contribution is -2.19. The molecule has 0 atom stereocenters. The van der Waals surface area contributed by atoms with Crippen molar-refractivity contribution in [3.05, 3.63) is 77.9 Å². The smallest absolute Gasteiger partial charge is 0.272 e. The molecule has 0 bridgehead atoms. The van der Waals surface area contributed by atoms with Crippen LogP contribution in [0.2, 0.25) is 0 Å². The van der Waals surface area contributed by atoms with Crippen molar-refractivity contribution in [1.82, 2.24) is 5.43 Å². The number of hydrogen-bond donors (Lipinski definition) is 2. The van der Waals surface area contributed by atoms with Gasteiger partial charge in [0.05, 0.1) is 5.71 Å². The maximum Gasteiger partial charge on any atom is 0.272 e. The van der Waals surface area contributed by atoms with E-state index in [1.54, 1.807) is 6.07 Å². The molecule has 0 saturated carbocycles. The van der Waals surface area contributed by atoms with E-state index in [1.807, 2.05) is 67.6 Å². The Labute approximate surface area is 134 Å². The normalized spacial score (nSPS) is 11.4. The maximum atomic E-state index is 12.4. The van der Waals surface area contributed by atoms with E-state index < -0.39 is 0 Å². The van der Waals surface area contributed by atoms with Crippen LogP contribution in [0.4, 0.5) is 5.69 Å². The first kappa shape index (κ1) is 14.8. The van der Waals surface area contributed by atoms with Crippen LogP contribution in [0.1, 0.15) is 22.8 Å². The van der Waals surface area contributed by atoms with Crippen molar-refractivity contribution < 1.29 is 4.79 Å². The third-order valence-electron chi connectivity index (χ3n) is 3.66. The van der Waals surface area contributed by atoms with Gasteiger partial charge in [-0.1, -0.05) is 48.5 Å². The lowest BCUT2D eigenvalue weighted by molar-refractivity contribution is 0.0956. The van der Waals surface area contributed by atoms with Crippen LogP contribution in [0.15, 0.2) is 71.8 Å². The Morgan fingerprint density at radius 1 is 1.00 bits per heavy atom. The van der Waals surface area contributed by atoms with Crippen LogP contribution < -0.4 is 11.2 Å². The Kier molecular flexibility index (Phi) is 4.06. The van der Waals surface area contributed by atoms with Crippen molar-refractivity contribution in [3.63, 3.8) is 0 Å². The fourth-order valence-electron chi connectivity index (χ4n) is 2.45. The first-order valence-corrected chi connectivity index (χ1v) is 7.33. The molecule has 3 rings (SSSR count). The molecule has 0 aliphatic carbocycles. The predicted octanol–water partition coefficient (Wildman–Crippen LogP) is 3.58. The van der Waals surface area contributed by atoms with Crippen molar-refractivity contribution in [2.75, 3.05) is 5.73 Å². The van der Waals surface area contributed by atoms with Gasteiger partial charge in [0.15, 0.2) is 0 Å². The zero-order chi connectivity index (χ0) is 16.2. The van der Waals surface area contributed by atoms with Crippen LogP contribution in [0.25, 0.3) is 10.8 Å². The average Bonchev–Trinajstić information content (AvgIpc) is 2.59. The molecule has 0 saturated heterocycles. The van der Waals surface area contributed by atoms with Gasteiger partial charge < -0.3 is 5.73 Å². The minimum atomic E-state index is -0.231. The second-order valence-corrected chi connectivity index (χ2v) is 5.29. The zero-order valence-electron chi connectivity index (χ0n) is 12.8. The van der Waals surface area contributed by atoms with Gasteiger partial charge in [0.1, 0.15) is 0 Å². The Hall–Kier alpha value is -3.14. The third-order valence-corrected chi connectivity index (χ3v) is 3.66. The number of carbonyl (C=O) groups is 1. The zero-order valence-corrected chi connectivity index (χ0v) is 12.8. The van der Waals surface area contributed by atoms with Gasteiger partial charge in [-0.2, -0.15) is 5.10 Å². The van der Waals surface area contributed by atoms with Crippen LogP contribution in [0.3, 0.4) is 0 Å². The topological polar surface area (TPSA) is 67.5 Å². The van der Waals surface area contributed by atoms with Crippen LogP contribution in [-0.4, -0.2) is 11.6 Å². The molecule has 4 heteroatoms. The van der Waals surface area contributed by atoms with E-state index in [9.17, 15) is 4.79 Å². The highest BCUT2D eigenvalue weighted by Crippen LogP contribution is 2.18. The fraction of sp³-hybridized carbons (Fsp3) is 0.0526. The van der Waals surface area contributed by atoms with Gasteiger partial charge in [-0.05, 0) is 41.5 Å². The molecular formula is C19H17N3O. The SMILES string of the molecule is CC(=NNC(=O)c1cccc2ccccc12)c1cccc(N)c1. The van der Waals surface area contributed by atoms with E-state index in [2.05, 4.69) is 10.5 Å². The van der Waals surface area contributed by atoms with Gasteiger partial charge >= 0.3 is 0 Å². The molecular weight excluding hydrogens is 286 g/mol. The van der Waals surface area contributed by atoms with E-state index in [-0.39, 0.29) is 5.91 Å². The molecule has 0 fully saturated rings. The van der Waals surface area contributed by atoms with Crippen LogP contribution in [-0.2, 0) is 0 Å². The predicted molar refractivity (Wildman–Crippen MR) is 94.5 cm³/mol. The van der Waals surface area contributed by atoms with E-state index in [1.165, 1.54) is 0 Å². The van der Waals surface area contributed by atoms with Crippen molar-refractivity contribution in [1.29, 1.82) is 0 Å². The molecule has 23 heavy (non-hydrogen) atoms. The van der Waals surface area contributed by atoms with Crippen molar-refractivity contribution in [2.45, 2.75) is 6.92 Å². The second kappa shape index (κ2) is 6.32. The minimum absolute atomic E-state index is 0.231. The second-order valence-electron chi connectivity index (χ2n) is 5.29. The lowest BCUT2D eigenvalue weighted by atomic mass is 10.0. The summed E-state index contributed by atoms with van der Waals surface area (Å²) in [4.78, 5) is 12.4. The van der Waals surface area contributed by atoms with E-state index in [0.29, 0.717) is 17.0 Å². The standard InChI is InChI=1S/C19H17N3O/c1-13(15-8-4-9-16(20)12-15)21-22-19(23)18-11-5-7-14-6-2-3-10-17(14)18/h2-12H,20H2,1H3,(H,22,23). The van der Waals surface area contributed by atoms with Crippen molar-refractivity contribution in [3.8, 4) is 0 Å². The summed E-state index contributed by atoms with van der Waals surface area (Å²) in [6, 6.07) is 20.8. The van der Waals surface area contributed by atoms with Gasteiger partial charge in [0.25, 0.3) is 5.91 Å². The number of nitrogens with zero attached hydrogens (tertiary/aromatic N) is 1. The molecule has 0 aliphatic rings. The molecule has 0 spiro atoms. The summed E-state index contributed by atoms with van der Waals surface area (Å²) in [6.45, 7) is 1.83. The first-order chi connectivity index (χ1) is 11.1. The molecule has 0 aliphatic heterocycles. The van der Waals surface area contributed by atoms with E-state index in [4.69, 9.17) is 5.73 Å². The molecule has 3 aromatic carbocycles. The number of hydrazone groups is 1.